The minimum absolute atomic E-state index is 0.0905. The maximum atomic E-state index is 13.5. The largest absolute Gasteiger partial charge is 0.494 e. The Labute approximate surface area is 173 Å². The van der Waals surface area contributed by atoms with E-state index in [0.29, 0.717) is 23.6 Å². The molecular formula is C22H20ClFN2O3. The second-order valence-electron chi connectivity index (χ2n) is 6.47. The van der Waals surface area contributed by atoms with Gasteiger partial charge in [-0.1, -0.05) is 31.4 Å². The van der Waals surface area contributed by atoms with E-state index in [2.05, 4.69) is 16.9 Å². The Morgan fingerprint density at radius 3 is 2.52 bits per heavy atom. The molecule has 2 aromatic carbocycles. The van der Waals surface area contributed by atoms with E-state index in [1.807, 2.05) is 24.3 Å². The summed E-state index contributed by atoms with van der Waals surface area (Å²) in [5.74, 6) is -0.667. The molecule has 3 rings (SSSR count). The number of carbonyl (C=O) groups is 1. The molecule has 150 valence electrons. The van der Waals surface area contributed by atoms with Gasteiger partial charge in [-0.15, -0.1) is 0 Å². The first-order valence-corrected chi connectivity index (χ1v) is 9.66. The molecule has 1 heterocycles. The molecule has 0 saturated heterocycles. The van der Waals surface area contributed by atoms with Crippen molar-refractivity contribution in [1.29, 1.82) is 0 Å². The predicted molar refractivity (Wildman–Crippen MR) is 110 cm³/mol. The van der Waals surface area contributed by atoms with Crippen molar-refractivity contribution in [3.63, 3.8) is 0 Å². The van der Waals surface area contributed by atoms with Gasteiger partial charge in [0, 0.05) is 17.3 Å². The van der Waals surface area contributed by atoms with Crippen LogP contribution in [0.4, 0.5) is 4.39 Å². The Kier molecular flexibility index (Phi) is 6.77. The monoisotopic (exact) mass is 414 g/mol. The molecule has 0 amide bonds. The van der Waals surface area contributed by atoms with Crippen molar-refractivity contribution >= 4 is 17.6 Å². The number of nitrogens with zero attached hydrogens (tertiary/aromatic N) is 2. The Morgan fingerprint density at radius 2 is 1.86 bits per heavy atom. The molecule has 0 aliphatic heterocycles. The molecule has 0 spiro atoms. The fraction of sp³-hybridized carbons (Fsp3) is 0.227. The van der Waals surface area contributed by atoms with Gasteiger partial charge >= 0.3 is 5.97 Å². The Morgan fingerprint density at radius 1 is 1.14 bits per heavy atom. The molecule has 0 aliphatic rings. The molecule has 29 heavy (non-hydrogen) atoms. The van der Waals surface area contributed by atoms with Crippen molar-refractivity contribution in [3.05, 3.63) is 65.1 Å². The second kappa shape index (κ2) is 9.47. The van der Waals surface area contributed by atoms with Crippen LogP contribution in [0, 0.1) is 5.82 Å². The number of unbranched alkanes of at least 4 members (excludes halogenated alkanes) is 2. The number of benzene rings is 2. The summed E-state index contributed by atoms with van der Waals surface area (Å²) in [4.78, 5) is 20.2. The average molecular weight is 415 g/mol. The van der Waals surface area contributed by atoms with E-state index in [1.54, 1.807) is 0 Å². The van der Waals surface area contributed by atoms with Crippen LogP contribution in [0.25, 0.3) is 22.6 Å². The lowest BCUT2D eigenvalue weighted by Crippen LogP contribution is -2.05. The highest BCUT2D eigenvalue weighted by Gasteiger charge is 2.17. The second-order valence-corrected chi connectivity index (χ2v) is 6.88. The van der Waals surface area contributed by atoms with Gasteiger partial charge in [-0.2, -0.15) is 0 Å². The number of hydrogen-bond donors (Lipinski definition) is 1. The summed E-state index contributed by atoms with van der Waals surface area (Å²) in [6, 6.07) is 11.2. The lowest BCUT2D eigenvalue weighted by Gasteiger charge is -2.10. The van der Waals surface area contributed by atoms with Gasteiger partial charge in [-0.05, 0) is 48.9 Å². The number of rotatable bonds is 8. The van der Waals surface area contributed by atoms with Gasteiger partial charge in [-0.3, -0.25) is 0 Å². The molecule has 3 aromatic rings. The third kappa shape index (κ3) is 5.09. The number of ether oxygens (including phenoxy) is 1. The molecule has 0 atom stereocenters. The minimum atomic E-state index is -1.18. The fourth-order valence-corrected chi connectivity index (χ4v) is 2.96. The molecule has 7 heteroatoms. The number of halogens is 2. The number of aromatic nitrogens is 2. The highest BCUT2D eigenvalue weighted by molar-refractivity contribution is 6.31. The lowest BCUT2D eigenvalue weighted by atomic mass is 10.1. The normalized spacial score (nSPS) is 10.7. The Bertz CT molecular complexity index is 1010. The van der Waals surface area contributed by atoms with Crippen molar-refractivity contribution in [2.24, 2.45) is 0 Å². The van der Waals surface area contributed by atoms with E-state index in [1.165, 1.54) is 24.4 Å². The zero-order valence-electron chi connectivity index (χ0n) is 15.9. The molecule has 1 aromatic heterocycles. The quantitative estimate of drug-likeness (QED) is 0.466. The van der Waals surface area contributed by atoms with Crippen molar-refractivity contribution in [3.8, 4) is 28.4 Å². The topological polar surface area (TPSA) is 72.3 Å². The van der Waals surface area contributed by atoms with Crippen molar-refractivity contribution in [2.75, 3.05) is 6.61 Å². The SMILES string of the molecule is CCCCCOc1ccc(-c2ncc(C(=O)O)c(-c3ccc(F)c(Cl)c3)n2)cc1. The summed E-state index contributed by atoms with van der Waals surface area (Å²) in [6.07, 6.45) is 4.50. The van der Waals surface area contributed by atoms with Crippen LogP contribution in [0.2, 0.25) is 5.02 Å². The summed E-state index contributed by atoms with van der Waals surface area (Å²) < 4.78 is 19.2. The minimum Gasteiger partial charge on any atom is -0.494 e. The van der Waals surface area contributed by atoms with Gasteiger partial charge in [0.25, 0.3) is 0 Å². The van der Waals surface area contributed by atoms with Crippen LogP contribution in [0.1, 0.15) is 36.5 Å². The van der Waals surface area contributed by atoms with Crippen LogP contribution in [-0.2, 0) is 0 Å². The predicted octanol–water partition coefficient (Wildman–Crippen LogP) is 5.87. The first-order chi connectivity index (χ1) is 14.0. The number of carboxylic acids is 1. The molecule has 0 saturated carbocycles. The third-order valence-electron chi connectivity index (χ3n) is 4.34. The van der Waals surface area contributed by atoms with Crippen LogP contribution in [0.5, 0.6) is 5.75 Å². The molecular weight excluding hydrogens is 395 g/mol. The van der Waals surface area contributed by atoms with Crippen LogP contribution < -0.4 is 4.74 Å². The zero-order valence-corrected chi connectivity index (χ0v) is 16.6. The first-order valence-electron chi connectivity index (χ1n) is 9.28. The maximum absolute atomic E-state index is 13.5. The third-order valence-corrected chi connectivity index (χ3v) is 4.63. The number of aromatic carboxylic acids is 1. The molecule has 1 N–H and O–H groups in total. The highest BCUT2D eigenvalue weighted by Crippen LogP contribution is 2.28. The summed E-state index contributed by atoms with van der Waals surface area (Å²) in [6.45, 7) is 2.80. The standard InChI is InChI=1S/C22H20ClFN2O3/c1-2-3-4-11-29-16-8-5-14(6-9-16)21-25-13-17(22(27)28)20(26-21)15-7-10-19(24)18(23)12-15/h5-10,12-13H,2-4,11H2,1H3,(H,27,28). The van der Waals surface area contributed by atoms with E-state index in [9.17, 15) is 14.3 Å². The molecule has 0 aliphatic carbocycles. The van der Waals surface area contributed by atoms with E-state index in [4.69, 9.17) is 16.3 Å². The smallest absolute Gasteiger partial charge is 0.339 e. The molecule has 0 unspecified atom stereocenters. The van der Waals surface area contributed by atoms with Gasteiger partial charge in [0.05, 0.1) is 17.3 Å². The molecule has 0 fully saturated rings. The first kappa shape index (κ1) is 20.7. The van der Waals surface area contributed by atoms with E-state index < -0.39 is 11.8 Å². The Hall–Kier alpha value is -2.99. The summed E-state index contributed by atoms with van der Waals surface area (Å²) in [5.41, 5.74) is 1.18. The van der Waals surface area contributed by atoms with Gasteiger partial charge in [0.2, 0.25) is 0 Å². The lowest BCUT2D eigenvalue weighted by molar-refractivity contribution is 0.0697. The fourth-order valence-electron chi connectivity index (χ4n) is 2.78. The van der Waals surface area contributed by atoms with Gasteiger partial charge in [0.1, 0.15) is 17.1 Å². The van der Waals surface area contributed by atoms with Gasteiger partial charge < -0.3 is 9.84 Å². The van der Waals surface area contributed by atoms with Gasteiger partial charge in [-0.25, -0.2) is 19.2 Å². The van der Waals surface area contributed by atoms with Crippen LogP contribution in [0.15, 0.2) is 48.7 Å². The van der Waals surface area contributed by atoms with Crippen molar-refractivity contribution < 1.29 is 19.0 Å². The van der Waals surface area contributed by atoms with Crippen LogP contribution in [-0.4, -0.2) is 27.7 Å². The number of carboxylic acid groups (broad SMARTS) is 1. The van der Waals surface area contributed by atoms with Gasteiger partial charge in [0.15, 0.2) is 5.82 Å². The van der Waals surface area contributed by atoms with E-state index >= 15 is 0 Å². The summed E-state index contributed by atoms with van der Waals surface area (Å²) >= 11 is 5.85. The summed E-state index contributed by atoms with van der Waals surface area (Å²) in [7, 11) is 0. The van der Waals surface area contributed by atoms with Crippen LogP contribution >= 0.6 is 11.6 Å². The van der Waals surface area contributed by atoms with Crippen LogP contribution in [0.3, 0.4) is 0 Å². The van der Waals surface area contributed by atoms with Crippen molar-refractivity contribution in [1.82, 2.24) is 9.97 Å². The molecule has 0 radical (unpaired) electrons. The van der Waals surface area contributed by atoms with Crippen molar-refractivity contribution in [2.45, 2.75) is 26.2 Å². The average Bonchev–Trinajstić information content (AvgIpc) is 2.73. The Balaban J connectivity index is 1.90. The number of hydrogen-bond acceptors (Lipinski definition) is 4. The maximum Gasteiger partial charge on any atom is 0.339 e. The zero-order chi connectivity index (χ0) is 20.8. The van der Waals surface area contributed by atoms with E-state index in [-0.39, 0.29) is 16.3 Å². The molecule has 0 bridgehead atoms. The molecule has 5 nitrogen and oxygen atoms in total. The van der Waals surface area contributed by atoms with E-state index in [0.717, 1.165) is 25.0 Å². The highest BCUT2D eigenvalue weighted by atomic mass is 35.5. The summed E-state index contributed by atoms with van der Waals surface area (Å²) in [5, 5.41) is 9.36.